The SMILES string of the molecule is CCOC(C)NC(=O)C(N)=O. The first-order valence-electron chi connectivity index (χ1n) is 3.29. The van der Waals surface area contributed by atoms with Crippen LogP contribution in [0.5, 0.6) is 0 Å². The van der Waals surface area contributed by atoms with Crippen molar-refractivity contribution in [3.05, 3.63) is 0 Å². The minimum Gasteiger partial charge on any atom is -0.361 e. The van der Waals surface area contributed by atoms with Gasteiger partial charge < -0.3 is 15.8 Å². The van der Waals surface area contributed by atoms with E-state index in [0.29, 0.717) is 6.61 Å². The number of amides is 2. The minimum atomic E-state index is -1.00. The number of hydrogen-bond donors (Lipinski definition) is 2. The summed E-state index contributed by atoms with van der Waals surface area (Å²) in [5.74, 6) is -1.83. The van der Waals surface area contributed by atoms with E-state index in [1.165, 1.54) is 0 Å². The summed E-state index contributed by atoms with van der Waals surface area (Å²) >= 11 is 0. The standard InChI is InChI=1S/C6H12N2O3/c1-3-11-4(2)8-6(10)5(7)9/h4H,3H2,1-2H3,(H2,7,9)(H,8,10). The van der Waals surface area contributed by atoms with E-state index in [9.17, 15) is 9.59 Å². The quantitative estimate of drug-likeness (QED) is 0.409. The lowest BCUT2D eigenvalue weighted by molar-refractivity contribution is -0.139. The molecule has 5 nitrogen and oxygen atoms in total. The van der Waals surface area contributed by atoms with Crippen molar-refractivity contribution in [2.45, 2.75) is 20.1 Å². The molecule has 0 saturated carbocycles. The lowest BCUT2D eigenvalue weighted by Crippen LogP contribution is -2.42. The molecular weight excluding hydrogens is 148 g/mol. The molecule has 0 aromatic carbocycles. The van der Waals surface area contributed by atoms with Gasteiger partial charge in [-0.05, 0) is 13.8 Å². The van der Waals surface area contributed by atoms with E-state index in [1.54, 1.807) is 13.8 Å². The van der Waals surface area contributed by atoms with Crippen LogP contribution >= 0.6 is 0 Å². The zero-order valence-corrected chi connectivity index (χ0v) is 6.59. The van der Waals surface area contributed by atoms with Crippen LogP contribution in [0, 0.1) is 0 Å². The Balaban J connectivity index is 3.66. The van der Waals surface area contributed by atoms with E-state index in [4.69, 9.17) is 4.74 Å². The van der Waals surface area contributed by atoms with Crippen LogP contribution in [0.25, 0.3) is 0 Å². The fraction of sp³-hybridized carbons (Fsp3) is 0.667. The van der Waals surface area contributed by atoms with Crippen LogP contribution in [0.15, 0.2) is 0 Å². The molecule has 0 aliphatic carbocycles. The molecule has 11 heavy (non-hydrogen) atoms. The van der Waals surface area contributed by atoms with E-state index in [-0.39, 0.29) is 0 Å². The summed E-state index contributed by atoms with van der Waals surface area (Å²) in [7, 11) is 0. The fourth-order valence-electron chi connectivity index (χ4n) is 0.547. The molecule has 0 saturated heterocycles. The highest BCUT2D eigenvalue weighted by Gasteiger charge is 2.11. The van der Waals surface area contributed by atoms with E-state index in [2.05, 4.69) is 11.1 Å². The second-order valence-electron chi connectivity index (χ2n) is 1.94. The van der Waals surface area contributed by atoms with Gasteiger partial charge in [0, 0.05) is 6.61 Å². The number of nitrogens with one attached hydrogen (secondary N) is 1. The molecule has 0 aliphatic rings. The second kappa shape index (κ2) is 4.68. The predicted molar refractivity (Wildman–Crippen MR) is 38.4 cm³/mol. The highest BCUT2D eigenvalue weighted by atomic mass is 16.5. The number of ether oxygens (including phenoxy) is 1. The van der Waals surface area contributed by atoms with Crippen LogP contribution in [0.3, 0.4) is 0 Å². The largest absolute Gasteiger partial charge is 0.361 e. The fourth-order valence-corrected chi connectivity index (χ4v) is 0.547. The summed E-state index contributed by atoms with van der Waals surface area (Å²) in [5, 5.41) is 2.24. The Morgan fingerprint density at radius 3 is 2.55 bits per heavy atom. The summed E-state index contributed by atoms with van der Waals surface area (Å²) in [6, 6.07) is 0. The number of rotatable bonds is 3. The number of primary amides is 1. The summed E-state index contributed by atoms with van der Waals surface area (Å²) in [6.07, 6.45) is -0.472. The molecule has 0 spiro atoms. The normalized spacial score (nSPS) is 12.2. The highest BCUT2D eigenvalue weighted by Crippen LogP contribution is 1.83. The van der Waals surface area contributed by atoms with Gasteiger partial charge in [0.25, 0.3) is 0 Å². The van der Waals surface area contributed by atoms with Gasteiger partial charge in [-0.15, -0.1) is 0 Å². The smallest absolute Gasteiger partial charge is 0.311 e. The molecule has 0 rings (SSSR count). The van der Waals surface area contributed by atoms with Crippen molar-refractivity contribution in [3.8, 4) is 0 Å². The van der Waals surface area contributed by atoms with Gasteiger partial charge in [-0.3, -0.25) is 9.59 Å². The first-order chi connectivity index (χ1) is 5.07. The van der Waals surface area contributed by atoms with Crippen LogP contribution in [-0.2, 0) is 14.3 Å². The molecule has 0 heterocycles. The van der Waals surface area contributed by atoms with Crippen molar-refractivity contribution < 1.29 is 14.3 Å². The Bertz CT molecular complexity index is 158. The van der Waals surface area contributed by atoms with Crippen LogP contribution in [0.4, 0.5) is 0 Å². The van der Waals surface area contributed by atoms with E-state index >= 15 is 0 Å². The van der Waals surface area contributed by atoms with Gasteiger partial charge >= 0.3 is 11.8 Å². The minimum absolute atomic E-state index is 0.472. The van der Waals surface area contributed by atoms with Gasteiger partial charge in [0.1, 0.15) is 6.23 Å². The molecule has 0 aromatic rings. The number of hydrogen-bond acceptors (Lipinski definition) is 3. The van der Waals surface area contributed by atoms with Gasteiger partial charge in [-0.25, -0.2) is 0 Å². The highest BCUT2D eigenvalue weighted by molar-refractivity contribution is 6.34. The van der Waals surface area contributed by atoms with E-state index in [0.717, 1.165) is 0 Å². The Labute approximate surface area is 64.9 Å². The summed E-state index contributed by atoms with van der Waals surface area (Å²) in [6.45, 7) is 3.87. The van der Waals surface area contributed by atoms with Crippen molar-refractivity contribution in [1.82, 2.24) is 5.32 Å². The number of nitrogens with two attached hydrogens (primary N) is 1. The first kappa shape index (κ1) is 9.90. The maximum absolute atomic E-state index is 10.6. The van der Waals surface area contributed by atoms with Crippen molar-refractivity contribution in [3.63, 3.8) is 0 Å². The Hall–Kier alpha value is -1.10. The third kappa shape index (κ3) is 4.32. The molecule has 5 heteroatoms. The average Bonchev–Trinajstić information content (AvgIpc) is 1.87. The molecule has 0 aliphatic heterocycles. The van der Waals surface area contributed by atoms with Gasteiger partial charge in [-0.2, -0.15) is 0 Å². The Morgan fingerprint density at radius 1 is 1.64 bits per heavy atom. The topological polar surface area (TPSA) is 81.4 Å². The average molecular weight is 160 g/mol. The molecule has 2 amide bonds. The monoisotopic (exact) mass is 160 g/mol. The first-order valence-corrected chi connectivity index (χ1v) is 3.29. The summed E-state index contributed by atoms with van der Waals surface area (Å²) < 4.78 is 4.92. The maximum Gasteiger partial charge on any atom is 0.311 e. The molecule has 3 N–H and O–H groups in total. The van der Waals surface area contributed by atoms with Crippen molar-refractivity contribution in [2.24, 2.45) is 5.73 Å². The van der Waals surface area contributed by atoms with E-state index in [1.807, 2.05) is 0 Å². The van der Waals surface area contributed by atoms with Crippen LogP contribution in [0.1, 0.15) is 13.8 Å². The van der Waals surface area contributed by atoms with Gasteiger partial charge in [0.2, 0.25) is 0 Å². The number of carbonyl (C=O) groups excluding carboxylic acids is 2. The van der Waals surface area contributed by atoms with Gasteiger partial charge in [0.15, 0.2) is 0 Å². The van der Waals surface area contributed by atoms with Gasteiger partial charge in [-0.1, -0.05) is 0 Å². The zero-order valence-electron chi connectivity index (χ0n) is 6.59. The van der Waals surface area contributed by atoms with Crippen molar-refractivity contribution in [2.75, 3.05) is 6.61 Å². The molecule has 64 valence electrons. The molecular formula is C6H12N2O3. The van der Waals surface area contributed by atoms with Crippen LogP contribution in [0.2, 0.25) is 0 Å². The maximum atomic E-state index is 10.6. The Morgan fingerprint density at radius 2 is 2.18 bits per heavy atom. The molecule has 0 aromatic heterocycles. The van der Waals surface area contributed by atoms with Crippen molar-refractivity contribution >= 4 is 11.8 Å². The third-order valence-electron chi connectivity index (χ3n) is 0.975. The zero-order chi connectivity index (χ0) is 8.85. The molecule has 1 unspecified atom stereocenters. The summed E-state index contributed by atoms with van der Waals surface area (Å²) in [5.41, 5.74) is 4.67. The Kier molecular flexibility index (Phi) is 4.21. The van der Waals surface area contributed by atoms with Gasteiger partial charge in [0.05, 0.1) is 0 Å². The molecule has 1 atom stereocenters. The molecule has 0 fully saturated rings. The van der Waals surface area contributed by atoms with E-state index < -0.39 is 18.0 Å². The number of carbonyl (C=O) groups is 2. The lowest BCUT2D eigenvalue weighted by atomic mass is 10.5. The summed E-state index contributed by atoms with van der Waals surface area (Å²) in [4.78, 5) is 20.8. The molecule has 0 bridgehead atoms. The lowest BCUT2D eigenvalue weighted by Gasteiger charge is -2.11. The van der Waals surface area contributed by atoms with Crippen LogP contribution in [-0.4, -0.2) is 24.6 Å². The third-order valence-corrected chi connectivity index (χ3v) is 0.975. The second-order valence-corrected chi connectivity index (χ2v) is 1.94. The predicted octanol–water partition coefficient (Wildman–Crippen LogP) is -1.03. The van der Waals surface area contributed by atoms with Crippen molar-refractivity contribution in [1.29, 1.82) is 0 Å². The van der Waals surface area contributed by atoms with Crippen LogP contribution < -0.4 is 11.1 Å². The molecule has 0 radical (unpaired) electrons.